The van der Waals surface area contributed by atoms with Crippen molar-refractivity contribution in [3.05, 3.63) is 0 Å². The summed E-state index contributed by atoms with van der Waals surface area (Å²) in [7, 11) is 1.61. The lowest BCUT2D eigenvalue weighted by molar-refractivity contribution is -0.146. The van der Waals surface area contributed by atoms with Gasteiger partial charge in [0.25, 0.3) is 0 Å². The predicted molar refractivity (Wildman–Crippen MR) is 70.6 cm³/mol. The fourth-order valence-corrected chi connectivity index (χ4v) is 2.17. The van der Waals surface area contributed by atoms with E-state index in [4.69, 9.17) is 10.2 Å². The SMILES string of the molecule is CN1CCN(C(=O)N[C@H](CC(=O)O)C(=O)O)C(C)(C)C1=O. The molecule has 0 aromatic heterocycles. The Labute approximate surface area is 121 Å². The summed E-state index contributed by atoms with van der Waals surface area (Å²) in [6, 6.07) is -2.31. The molecule has 21 heavy (non-hydrogen) atoms. The lowest BCUT2D eigenvalue weighted by Gasteiger charge is -2.44. The van der Waals surface area contributed by atoms with Crippen LogP contribution in [-0.2, 0) is 14.4 Å². The van der Waals surface area contributed by atoms with E-state index in [0.717, 1.165) is 0 Å². The zero-order chi connectivity index (χ0) is 16.4. The number of aliphatic carboxylic acids is 2. The number of likely N-dealkylation sites (N-methyl/N-ethyl adjacent to an activating group) is 1. The Kier molecular flexibility index (Phi) is 4.77. The molecule has 9 nitrogen and oxygen atoms in total. The molecule has 0 bridgehead atoms. The summed E-state index contributed by atoms with van der Waals surface area (Å²) in [5.41, 5.74) is -1.12. The standard InChI is InChI=1S/C12H19N3O6/c1-12(2)10(20)14(3)4-5-15(12)11(21)13-7(9(18)19)6-8(16)17/h7H,4-6H2,1-3H3,(H,13,21)(H,16,17)(H,18,19)/t7-/m1/s1. The molecule has 0 aliphatic carbocycles. The highest BCUT2D eigenvalue weighted by atomic mass is 16.4. The van der Waals surface area contributed by atoms with Crippen LogP contribution in [0.5, 0.6) is 0 Å². The molecular weight excluding hydrogens is 282 g/mol. The van der Waals surface area contributed by atoms with E-state index in [-0.39, 0.29) is 12.5 Å². The van der Waals surface area contributed by atoms with Crippen molar-refractivity contribution >= 4 is 23.9 Å². The van der Waals surface area contributed by atoms with Gasteiger partial charge in [-0.25, -0.2) is 9.59 Å². The van der Waals surface area contributed by atoms with E-state index in [9.17, 15) is 19.2 Å². The van der Waals surface area contributed by atoms with Crippen molar-refractivity contribution < 1.29 is 29.4 Å². The van der Waals surface area contributed by atoms with Gasteiger partial charge < -0.3 is 25.3 Å². The lowest BCUT2D eigenvalue weighted by Crippen LogP contribution is -2.66. The normalized spacial score (nSPS) is 19.1. The molecule has 9 heteroatoms. The number of carbonyl (C=O) groups excluding carboxylic acids is 2. The quantitative estimate of drug-likeness (QED) is 0.622. The van der Waals surface area contributed by atoms with Crippen molar-refractivity contribution in [2.75, 3.05) is 20.1 Å². The van der Waals surface area contributed by atoms with Crippen LogP contribution in [0.2, 0.25) is 0 Å². The van der Waals surface area contributed by atoms with Crippen LogP contribution >= 0.6 is 0 Å². The molecule has 0 radical (unpaired) electrons. The average molecular weight is 301 g/mol. The Bertz CT molecular complexity index is 476. The van der Waals surface area contributed by atoms with E-state index in [2.05, 4.69) is 5.32 Å². The van der Waals surface area contributed by atoms with Crippen molar-refractivity contribution in [1.82, 2.24) is 15.1 Å². The Morgan fingerprint density at radius 1 is 1.29 bits per heavy atom. The second-order valence-corrected chi connectivity index (χ2v) is 5.38. The summed E-state index contributed by atoms with van der Waals surface area (Å²) in [6.45, 7) is 3.67. The summed E-state index contributed by atoms with van der Waals surface area (Å²) >= 11 is 0. The van der Waals surface area contributed by atoms with Crippen LogP contribution in [0.25, 0.3) is 0 Å². The molecule has 1 atom stereocenters. The number of hydrogen-bond donors (Lipinski definition) is 3. The summed E-state index contributed by atoms with van der Waals surface area (Å²) in [5, 5.41) is 19.7. The second-order valence-electron chi connectivity index (χ2n) is 5.38. The van der Waals surface area contributed by atoms with E-state index in [1.165, 1.54) is 9.80 Å². The first kappa shape index (κ1) is 16.7. The zero-order valence-corrected chi connectivity index (χ0v) is 12.1. The van der Waals surface area contributed by atoms with Crippen molar-refractivity contribution in [3.63, 3.8) is 0 Å². The minimum Gasteiger partial charge on any atom is -0.481 e. The highest BCUT2D eigenvalue weighted by Gasteiger charge is 2.43. The zero-order valence-electron chi connectivity index (χ0n) is 12.1. The maximum atomic E-state index is 12.2. The van der Waals surface area contributed by atoms with Gasteiger partial charge in [0.2, 0.25) is 5.91 Å². The second kappa shape index (κ2) is 5.98. The van der Waals surface area contributed by atoms with E-state index >= 15 is 0 Å². The Hall–Kier alpha value is -2.32. The van der Waals surface area contributed by atoms with Crippen molar-refractivity contribution in [3.8, 4) is 0 Å². The van der Waals surface area contributed by atoms with Gasteiger partial charge in [-0.1, -0.05) is 0 Å². The van der Waals surface area contributed by atoms with Gasteiger partial charge in [-0.15, -0.1) is 0 Å². The number of nitrogens with one attached hydrogen (secondary N) is 1. The fraction of sp³-hybridized carbons (Fsp3) is 0.667. The summed E-state index contributed by atoms with van der Waals surface area (Å²) in [6.07, 6.45) is -0.733. The smallest absolute Gasteiger partial charge is 0.326 e. The summed E-state index contributed by atoms with van der Waals surface area (Å²) in [4.78, 5) is 48.5. The van der Waals surface area contributed by atoms with Gasteiger partial charge in [0.1, 0.15) is 11.6 Å². The first-order valence-corrected chi connectivity index (χ1v) is 6.35. The minimum atomic E-state index is -1.54. The van der Waals surface area contributed by atoms with Crippen LogP contribution in [0.1, 0.15) is 20.3 Å². The van der Waals surface area contributed by atoms with Gasteiger partial charge in [0.15, 0.2) is 0 Å². The van der Waals surface area contributed by atoms with Crippen LogP contribution in [0.3, 0.4) is 0 Å². The van der Waals surface area contributed by atoms with E-state index in [1.54, 1.807) is 20.9 Å². The Morgan fingerprint density at radius 3 is 2.33 bits per heavy atom. The van der Waals surface area contributed by atoms with Crippen LogP contribution in [0, 0.1) is 0 Å². The third kappa shape index (κ3) is 3.61. The Balaban J connectivity index is 2.85. The fourth-order valence-electron chi connectivity index (χ4n) is 2.17. The number of carboxylic acids is 2. The topological polar surface area (TPSA) is 127 Å². The van der Waals surface area contributed by atoms with Gasteiger partial charge in [-0.2, -0.15) is 0 Å². The molecule has 1 aliphatic rings. The number of amides is 3. The third-order valence-corrected chi connectivity index (χ3v) is 3.42. The average Bonchev–Trinajstić information content (AvgIpc) is 2.34. The number of rotatable bonds is 4. The first-order valence-electron chi connectivity index (χ1n) is 6.35. The van der Waals surface area contributed by atoms with Crippen molar-refractivity contribution in [2.24, 2.45) is 0 Å². The molecule has 1 fully saturated rings. The number of carboxylic acid groups (broad SMARTS) is 2. The maximum Gasteiger partial charge on any atom is 0.326 e. The number of hydrogen-bond acceptors (Lipinski definition) is 4. The van der Waals surface area contributed by atoms with Crippen LogP contribution < -0.4 is 5.32 Å². The molecule has 1 aliphatic heterocycles. The lowest BCUT2D eigenvalue weighted by atomic mass is 9.98. The number of carbonyl (C=O) groups is 4. The summed E-state index contributed by atoms with van der Waals surface area (Å²) in [5.74, 6) is -3.05. The van der Waals surface area contributed by atoms with Gasteiger partial charge in [0.05, 0.1) is 6.42 Å². The molecule has 1 rings (SSSR count). The minimum absolute atomic E-state index is 0.237. The maximum absolute atomic E-state index is 12.2. The molecule has 0 aromatic rings. The van der Waals surface area contributed by atoms with E-state index < -0.39 is 36.0 Å². The molecule has 0 spiro atoms. The van der Waals surface area contributed by atoms with Crippen LogP contribution in [0.4, 0.5) is 4.79 Å². The van der Waals surface area contributed by atoms with Gasteiger partial charge in [-0.3, -0.25) is 9.59 Å². The van der Waals surface area contributed by atoms with Crippen LogP contribution in [-0.4, -0.2) is 75.6 Å². The number of urea groups is 1. The van der Waals surface area contributed by atoms with Gasteiger partial charge >= 0.3 is 18.0 Å². The number of piperazine rings is 1. The first-order chi connectivity index (χ1) is 9.57. The van der Waals surface area contributed by atoms with E-state index in [0.29, 0.717) is 6.54 Å². The highest BCUT2D eigenvalue weighted by molar-refractivity contribution is 5.93. The predicted octanol–water partition coefficient (Wildman–Crippen LogP) is -0.823. The monoisotopic (exact) mass is 301 g/mol. The molecule has 0 aromatic carbocycles. The molecule has 0 saturated carbocycles. The molecular formula is C12H19N3O6. The molecule has 1 heterocycles. The summed E-state index contributed by atoms with van der Waals surface area (Å²) < 4.78 is 0. The van der Waals surface area contributed by atoms with Gasteiger partial charge in [-0.05, 0) is 13.8 Å². The molecule has 1 saturated heterocycles. The molecule has 3 N–H and O–H groups in total. The van der Waals surface area contributed by atoms with Crippen molar-refractivity contribution in [2.45, 2.75) is 31.8 Å². The molecule has 3 amide bonds. The Morgan fingerprint density at radius 2 is 1.86 bits per heavy atom. The molecule has 0 unspecified atom stereocenters. The van der Waals surface area contributed by atoms with E-state index in [1.807, 2.05) is 0 Å². The largest absolute Gasteiger partial charge is 0.481 e. The van der Waals surface area contributed by atoms with Crippen molar-refractivity contribution in [1.29, 1.82) is 0 Å². The van der Waals surface area contributed by atoms with Crippen LogP contribution in [0.15, 0.2) is 0 Å². The number of nitrogens with zero attached hydrogens (tertiary/aromatic N) is 2. The van der Waals surface area contributed by atoms with Gasteiger partial charge in [0, 0.05) is 20.1 Å². The third-order valence-electron chi connectivity index (χ3n) is 3.42. The highest BCUT2D eigenvalue weighted by Crippen LogP contribution is 2.21. The molecule has 118 valence electrons.